The Bertz CT molecular complexity index is 614. The zero-order chi connectivity index (χ0) is 15.6. The number of anilines is 1. The van der Waals surface area contributed by atoms with Crippen LogP contribution in [0.4, 0.5) is 11.4 Å². The lowest BCUT2D eigenvalue weighted by molar-refractivity contribution is -0.384. The molecule has 1 aliphatic heterocycles. The maximum atomic E-state index is 11.7. The molecule has 0 spiro atoms. The van der Waals surface area contributed by atoms with Crippen molar-refractivity contribution in [1.29, 1.82) is 0 Å². The van der Waals surface area contributed by atoms with Crippen molar-refractivity contribution in [3.05, 3.63) is 22.2 Å². The van der Waals surface area contributed by atoms with Crippen molar-refractivity contribution in [3.63, 3.8) is 0 Å². The number of aliphatic carboxylic acids is 1. The zero-order valence-corrected chi connectivity index (χ0v) is 11.0. The number of carboxylic acids is 1. The van der Waals surface area contributed by atoms with Gasteiger partial charge in [0.15, 0.2) is 11.5 Å². The molecule has 1 unspecified atom stereocenters. The smallest absolute Gasteiger partial charge is 0.315 e. The lowest BCUT2D eigenvalue weighted by Gasteiger charge is -2.19. The Labute approximate surface area is 118 Å². The van der Waals surface area contributed by atoms with Crippen LogP contribution in [-0.4, -0.2) is 35.1 Å². The highest BCUT2D eigenvalue weighted by atomic mass is 16.6. The summed E-state index contributed by atoms with van der Waals surface area (Å²) in [5, 5.41) is 22.0. The fourth-order valence-electron chi connectivity index (χ4n) is 1.68. The van der Waals surface area contributed by atoms with Crippen molar-refractivity contribution in [2.45, 2.75) is 6.92 Å². The summed E-state index contributed by atoms with van der Waals surface area (Å²) in [6.07, 6.45) is 0. The molecule has 1 aromatic carbocycles. The molecule has 0 saturated heterocycles. The molecule has 21 heavy (non-hydrogen) atoms. The highest BCUT2D eigenvalue weighted by molar-refractivity contribution is 6.05. The normalized spacial score (nSPS) is 14.1. The number of hydrogen-bond donors (Lipinski definition) is 2. The van der Waals surface area contributed by atoms with E-state index < -0.39 is 28.4 Å². The van der Waals surface area contributed by atoms with E-state index in [0.717, 1.165) is 6.07 Å². The third kappa shape index (κ3) is 3.02. The molecule has 1 heterocycles. The van der Waals surface area contributed by atoms with E-state index in [9.17, 15) is 19.7 Å². The van der Waals surface area contributed by atoms with E-state index >= 15 is 0 Å². The third-order valence-corrected chi connectivity index (χ3v) is 2.88. The number of carboxylic acid groups (broad SMARTS) is 1. The van der Waals surface area contributed by atoms with Crippen molar-refractivity contribution in [2.24, 2.45) is 5.92 Å². The number of hydrogen-bond acceptors (Lipinski definition) is 6. The lowest BCUT2D eigenvalue weighted by atomic mass is 10.1. The minimum absolute atomic E-state index is 0.137. The van der Waals surface area contributed by atoms with Gasteiger partial charge in [-0.1, -0.05) is 0 Å². The number of rotatable bonds is 4. The van der Waals surface area contributed by atoms with Gasteiger partial charge in [0.25, 0.3) is 5.69 Å². The molecule has 1 aliphatic rings. The first-order chi connectivity index (χ1) is 9.90. The second-order valence-electron chi connectivity index (χ2n) is 4.32. The average molecular weight is 296 g/mol. The molecule has 1 amide bonds. The summed E-state index contributed by atoms with van der Waals surface area (Å²) in [7, 11) is 0. The van der Waals surface area contributed by atoms with Gasteiger partial charge < -0.3 is 19.9 Å². The molecule has 0 radical (unpaired) electrons. The molecule has 1 atom stereocenters. The third-order valence-electron chi connectivity index (χ3n) is 2.88. The Morgan fingerprint density at radius 3 is 2.43 bits per heavy atom. The first kappa shape index (κ1) is 14.6. The number of amides is 1. The summed E-state index contributed by atoms with van der Waals surface area (Å²) in [5.41, 5.74) is -0.535. The van der Waals surface area contributed by atoms with Gasteiger partial charge >= 0.3 is 5.97 Å². The van der Waals surface area contributed by atoms with Crippen molar-refractivity contribution < 1.29 is 29.1 Å². The molecule has 0 aromatic heterocycles. The number of nitrogens with zero attached hydrogens (tertiary/aromatic N) is 1. The van der Waals surface area contributed by atoms with Gasteiger partial charge in [-0.05, 0) is 6.92 Å². The van der Waals surface area contributed by atoms with E-state index in [1.54, 1.807) is 0 Å². The number of nitro groups is 1. The Kier molecular flexibility index (Phi) is 3.92. The van der Waals surface area contributed by atoms with Gasteiger partial charge in [0.05, 0.1) is 11.0 Å². The fraction of sp³-hybridized carbons (Fsp3) is 0.333. The van der Waals surface area contributed by atoms with Crippen LogP contribution >= 0.6 is 0 Å². The van der Waals surface area contributed by atoms with E-state index in [1.165, 1.54) is 13.0 Å². The highest BCUT2D eigenvalue weighted by Gasteiger charge is 2.26. The monoisotopic (exact) mass is 296 g/mol. The number of ether oxygens (including phenoxy) is 2. The van der Waals surface area contributed by atoms with Crippen LogP contribution in [0.3, 0.4) is 0 Å². The predicted molar refractivity (Wildman–Crippen MR) is 69.5 cm³/mol. The van der Waals surface area contributed by atoms with Crippen LogP contribution in [0.2, 0.25) is 0 Å². The fourth-order valence-corrected chi connectivity index (χ4v) is 1.68. The van der Waals surface area contributed by atoms with Crippen molar-refractivity contribution in [3.8, 4) is 11.5 Å². The van der Waals surface area contributed by atoms with Crippen LogP contribution in [0.5, 0.6) is 11.5 Å². The minimum atomic E-state index is -1.34. The topological polar surface area (TPSA) is 128 Å². The maximum Gasteiger partial charge on any atom is 0.315 e. The van der Waals surface area contributed by atoms with Crippen LogP contribution < -0.4 is 14.8 Å². The lowest BCUT2D eigenvalue weighted by Crippen LogP contribution is -2.27. The molecular weight excluding hydrogens is 284 g/mol. The molecule has 9 heteroatoms. The molecule has 2 N–H and O–H groups in total. The number of carbonyl (C=O) groups excluding carboxylic acids is 1. The number of nitro benzene ring substituents is 1. The molecule has 9 nitrogen and oxygen atoms in total. The van der Waals surface area contributed by atoms with E-state index in [2.05, 4.69) is 5.32 Å². The second kappa shape index (κ2) is 5.65. The Balaban J connectivity index is 2.35. The van der Waals surface area contributed by atoms with E-state index in [1.807, 2.05) is 0 Å². The van der Waals surface area contributed by atoms with Gasteiger partial charge in [0.2, 0.25) is 5.91 Å². The quantitative estimate of drug-likeness (QED) is 0.482. The van der Waals surface area contributed by atoms with Crippen molar-refractivity contribution in [1.82, 2.24) is 0 Å². The van der Waals surface area contributed by atoms with E-state index in [-0.39, 0.29) is 30.4 Å². The molecule has 2 rings (SSSR count). The summed E-state index contributed by atoms with van der Waals surface area (Å²) in [6.45, 7) is 1.73. The SMILES string of the molecule is CC(C(=O)O)C(=O)Nc1cc2c(cc1[N+](=O)[O-])OCCO2. The van der Waals surface area contributed by atoms with Crippen LogP contribution in [0.15, 0.2) is 12.1 Å². The van der Waals surface area contributed by atoms with Gasteiger partial charge in [-0.3, -0.25) is 19.7 Å². The molecule has 0 fully saturated rings. The molecule has 0 aliphatic carbocycles. The average Bonchev–Trinajstić information content (AvgIpc) is 2.45. The number of fused-ring (bicyclic) bond motifs is 1. The molecular formula is C12H12N2O7. The summed E-state index contributed by atoms with van der Waals surface area (Å²) in [6, 6.07) is 2.38. The second-order valence-corrected chi connectivity index (χ2v) is 4.32. The van der Waals surface area contributed by atoms with Gasteiger partial charge in [-0.2, -0.15) is 0 Å². The Hall–Kier alpha value is -2.84. The molecule has 0 bridgehead atoms. The predicted octanol–water partition coefficient (Wildman–Crippen LogP) is 1.03. The summed E-state index contributed by atoms with van der Waals surface area (Å²) < 4.78 is 10.5. The zero-order valence-electron chi connectivity index (χ0n) is 11.0. The Morgan fingerprint density at radius 2 is 1.90 bits per heavy atom. The van der Waals surface area contributed by atoms with E-state index in [4.69, 9.17) is 14.6 Å². The van der Waals surface area contributed by atoms with Crippen LogP contribution in [0.25, 0.3) is 0 Å². The minimum Gasteiger partial charge on any atom is -0.486 e. The van der Waals surface area contributed by atoms with Crippen LogP contribution in [0.1, 0.15) is 6.92 Å². The van der Waals surface area contributed by atoms with Crippen LogP contribution in [0, 0.1) is 16.0 Å². The van der Waals surface area contributed by atoms with Gasteiger partial charge in [0, 0.05) is 6.07 Å². The van der Waals surface area contributed by atoms with E-state index in [0.29, 0.717) is 0 Å². The Morgan fingerprint density at radius 1 is 1.33 bits per heavy atom. The largest absolute Gasteiger partial charge is 0.486 e. The summed E-state index contributed by atoms with van der Waals surface area (Å²) in [4.78, 5) is 32.8. The molecule has 1 aromatic rings. The van der Waals surface area contributed by atoms with Gasteiger partial charge in [-0.15, -0.1) is 0 Å². The summed E-state index contributed by atoms with van der Waals surface area (Å²) in [5.74, 6) is -3.06. The van der Waals surface area contributed by atoms with Crippen molar-refractivity contribution >= 4 is 23.3 Å². The summed E-state index contributed by atoms with van der Waals surface area (Å²) >= 11 is 0. The number of benzene rings is 1. The van der Waals surface area contributed by atoms with Gasteiger partial charge in [0.1, 0.15) is 24.8 Å². The number of nitrogens with one attached hydrogen (secondary N) is 1. The van der Waals surface area contributed by atoms with Crippen molar-refractivity contribution in [2.75, 3.05) is 18.5 Å². The first-order valence-electron chi connectivity index (χ1n) is 6.02. The highest BCUT2D eigenvalue weighted by Crippen LogP contribution is 2.39. The standard InChI is InChI=1S/C12H12N2O7/c1-6(12(16)17)11(15)13-7-4-9-10(21-3-2-20-9)5-8(7)14(18)19/h4-6H,2-3H2,1H3,(H,13,15)(H,16,17). The van der Waals surface area contributed by atoms with Crippen LogP contribution in [-0.2, 0) is 9.59 Å². The first-order valence-corrected chi connectivity index (χ1v) is 6.02. The van der Waals surface area contributed by atoms with Gasteiger partial charge in [-0.25, -0.2) is 0 Å². The molecule has 112 valence electrons. The number of carbonyl (C=O) groups is 2. The molecule has 0 saturated carbocycles. The maximum absolute atomic E-state index is 11.7.